The van der Waals surface area contributed by atoms with Crippen LogP contribution in [0, 0.1) is 5.82 Å². The van der Waals surface area contributed by atoms with Gasteiger partial charge in [-0.25, -0.2) is 24.1 Å². The highest BCUT2D eigenvalue weighted by Gasteiger charge is 2.30. The van der Waals surface area contributed by atoms with Gasteiger partial charge in [0.25, 0.3) is 0 Å². The van der Waals surface area contributed by atoms with Crippen LogP contribution in [0.3, 0.4) is 0 Å². The van der Waals surface area contributed by atoms with Crippen molar-refractivity contribution >= 4 is 29.4 Å². The van der Waals surface area contributed by atoms with E-state index in [0.29, 0.717) is 30.4 Å². The number of hydrogen-bond donors (Lipinski definition) is 1. The van der Waals surface area contributed by atoms with E-state index < -0.39 is 11.8 Å². The number of nitrogens with zero attached hydrogens (tertiary/aromatic N) is 6. The number of benzene rings is 1. The summed E-state index contributed by atoms with van der Waals surface area (Å²) in [6.45, 7) is 3.76. The van der Waals surface area contributed by atoms with Crippen LogP contribution in [0.5, 0.6) is 11.6 Å². The Morgan fingerprint density at radius 3 is 2.73 bits per heavy atom. The van der Waals surface area contributed by atoms with Crippen LogP contribution in [0.2, 0.25) is 5.02 Å². The van der Waals surface area contributed by atoms with Crippen molar-refractivity contribution in [2.75, 3.05) is 11.4 Å². The molecule has 1 aromatic carbocycles. The molecule has 1 fully saturated rings. The number of amides is 3. The van der Waals surface area contributed by atoms with Crippen LogP contribution >= 0.6 is 11.6 Å². The van der Waals surface area contributed by atoms with E-state index in [0.717, 1.165) is 23.4 Å². The molecule has 6 rings (SSSR count). The molecule has 3 aromatic heterocycles. The maximum absolute atomic E-state index is 14.0. The molecule has 0 unspecified atom stereocenters. The van der Waals surface area contributed by atoms with Gasteiger partial charge in [-0.05, 0) is 36.2 Å². The van der Waals surface area contributed by atoms with E-state index in [4.69, 9.17) is 21.3 Å². The van der Waals surface area contributed by atoms with E-state index in [1.54, 1.807) is 24.5 Å². The molecule has 0 bridgehead atoms. The number of aromatic nitrogens is 4. The number of fused-ring (bicyclic) bond motifs is 1. The fourth-order valence-electron chi connectivity index (χ4n) is 5.00. The maximum Gasteiger partial charge on any atom is 0.329 e. The number of ether oxygens (including phenoxy) is 1. The number of anilines is 1. The normalized spacial score (nSPS) is 17.2. The third-order valence-corrected chi connectivity index (χ3v) is 7.46. The Balaban J connectivity index is 1.16. The van der Waals surface area contributed by atoms with Crippen LogP contribution in [-0.2, 0) is 24.9 Å². The molecule has 3 amide bonds. The van der Waals surface area contributed by atoms with Crippen LogP contribution in [0.15, 0.2) is 54.9 Å². The molecule has 1 N–H and O–H groups in total. The average Bonchev–Trinajstić information content (AvgIpc) is 3.46. The van der Waals surface area contributed by atoms with Crippen molar-refractivity contribution in [1.82, 2.24) is 29.7 Å². The van der Waals surface area contributed by atoms with Gasteiger partial charge in [0, 0.05) is 45.4 Å². The first-order chi connectivity index (χ1) is 19.3. The number of rotatable bonds is 6. The largest absolute Gasteiger partial charge is 0.434 e. The van der Waals surface area contributed by atoms with Gasteiger partial charge in [-0.2, -0.15) is 0 Å². The van der Waals surface area contributed by atoms with Crippen LogP contribution < -0.4 is 15.0 Å². The van der Waals surface area contributed by atoms with Crippen molar-refractivity contribution in [3.8, 4) is 23.1 Å². The molecule has 0 saturated carbocycles. The van der Waals surface area contributed by atoms with E-state index in [1.165, 1.54) is 17.0 Å². The minimum Gasteiger partial charge on any atom is -0.434 e. The minimum absolute atomic E-state index is 0.0433. The van der Waals surface area contributed by atoms with Gasteiger partial charge < -0.3 is 9.30 Å². The molecule has 0 spiro atoms. The lowest BCUT2D eigenvalue weighted by Crippen LogP contribution is -2.50. The monoisotopic (exact) mass is 561 g/mol. The van der Waals surface area contributed by atoms with E-state index in [2.05, 4.69) is 33.2 Å². The lowest BCUT2D eigenvalue weighted by atomic mass is 10.1. The van der Waals surface area contributed by atoms with E-state index >= 15 is 0 Å². The highest BCUT2D eigenvalue weighted by Crippen LogP contribution is 2.36. The Labute approximate surface area is 234 Å². The highest BCUT2D eigenvalue weighted by molar-refractivity contribution is 6.32. The highest BCUT2D eigenvalue weighted by atomic mass is 35.5. The molecular formula is C28H25ClFN7O3. The third kappa shape index (κ3) is 4.78. The van der Waals surface area contributed by atoms with Crippen molar-refractivity contribution in [2.24, 2.45) is 7.05 Å². The van der Waals surface area contributed by atoms with Crippen molar-refractivity contribution in [2.45, 2.75) is 32.5 Å². The van der Waals surface area contributed by atoms with E-state index in [1.807, 2.05) is 23.7 Å². The summed E-state index contributed by atoms with van der Waals surface area (Å²) in [6, 6.07) is 11.5. The number of imide groups is 1. The predicted molar refractivity (Wildman–Crippen MR) is 145 cm³/mol. The fourth-order valence-corrected chi connectivity index (χ4v) is 5.20. The molecule has 1 saturated heterocycles. The van der Waals surface area contributed by atoms with Gasteiger partial charge in [-0.3, -0.25) is 19.9 Å². The fraction of sp³-hybridized carbons (Fsp3) is 0.250. The molecule has 2 aliphatic heterocycles. The summed E-state index contributed by atoms with van der Waals surface area (Å²) in [6.07, 6.45) is 3.57. The van der Waals surface area contributed by atoms with Crippen LogP contribution in [-0.4, -0.2) is 42.9 Å². The summed E-state index contributed by atoms with van der Waals surface area (Å²) >= 11 is 6.05. The van der Waals surface area contributed by atoms with Gasteiger partial charge in [-0.15, -0.1) is 0 Å². The molecule has 0 radical (unpaired) electrons. The van der Waals surface area contributed by atoms with Gasteiger partial charge in [0.05, 0.1) is 23.0 Å². The van der Waals surface area contributed by atoms with E-state index in [-0.39, 0.29) is 35.0 Å². The Bertz CT molecular complexity index is 1600. The quantitative estimate of drug-likeness (QED) is 0.354. The first kappa shape index (κ1) is 25.9. The summed E-state index contributed by atoms with van der Waals surface area (Å²) in [4.78, 5) is 41.4. The zero-order valence-electron chi connectivity index (χ0n) is 21.8. The maximum atomic E-state index is 14.0. The minimum atomic E-state index is -0.552. The zero-order valence-corrected chi connectivity index (χ0v) is 22.5. The second-order valence-electron chi connectivity index (χ2n) is 9.73. The summed E-state index contributed by atoms with van der Waals surface area (Å²) in [5.74, 6) is 0.586. The Morgan fingerprint density at radius 2 is 1.98 bits per heavy atom. The first-order valence-corrected chi connectivity index (χ1v) is 13.1. The predicted octanol–water partition coefficient (Wildman–Crippen LogP) is 4.99. The molecule has 10 nitrogen and oxygen atoms in total. The molecule has 40 heavy (non-hydrogen) atoms. The van der Waals surface area contributed by atoms with Crippen LogP contribution in [0.1, 0.15) is 36.2 Å². The summed E-state index contributed by atoms with van der Waals surface area (Å²) < 4.78 is 21.4. The summed E-state index contributed by atoms with van der Waals surface area (Å²) in [5.41, 5.74) is 3.76. The number of para-hydroxylation sites is 1. The zero-order chi connectivity index (χ0) is 28.0. The number of hydrogen-bond acceptors (Lipinski definition) is 7. The number of carbonyl (C=O) groups excluding carboxylic acids is 2. The smallest absolute Gasteiger partial charge is 0.329 e. The van der Waals surface area contributed by atoms with Gasteiger partial charge in [0.1, 0.15) is 11.5 Å². The molecule has 5 heterocycles. The summed E-state index contributed by atoms with van der Waals surface area (Å²) in [7, 11) is 1.83. The number of pyridine rings is 2. The first-order valence-electron chi connectivity index (χ1n) is 12.7. The Hall–Kier alpha value is -4.35. The lowest BCUT2D eigenvalue weighted by molar-refractivity contribution is -0.120. The number of urea groups is 1. The molecule has 1 atom stereocenters. The molecule has 2 aliphatic rings. The number of imidazole rings is 1. The SMILES string of the molecule is C[C@H]1c2nc(-c3ncc(N4CCC(=O)NC4=O)n3C)ccc2CN1Cc1ccc(Oc2c(F)cccc2Cl)nc1. The Morgan fingerprint density at radius 1 is 1.12 bits per heavy atom. The average molecular weight is 562 g/mol. The van der Waals surface area contributed by atoms with Gasteiger partial charge >= 0.3 is 6.03 Å². The summed E-state index contributed by atoms with van der Waals surface area (Å²) in [5, 5.41) is 2.52. The lowest BCUT2D eigenvalue weighted by Gasteiger charge is -2.26. The van der Waals surface area contributed by atoms with Crippen molar-refractivity contribution in [3.05, 3.63) is 82.5 Å². The van der Waals surface area contributed by atoms with Gasteiger partial charge in [0.2, 0.25) is 11.8 Å². The second-order valence-corrected chi connectivity index (χ2v) is 10.1. The van der Waals surface area contributed by atoms with E-state index in [9.17, 15) is 14.0 Å². The molecule has 204 valence electrons. The van der Waals surface area contributed by atoms with Crippen molar-refractivity contribution in [1.29, 1.82) is 0 Å². The molecule has 12 heteroatoms. The standard InChI is InChI=1S/C28H25ClFN7O3/c1-16-25-18(7-8-21(33-25)27-32-13-24(35(27)2)37-11-10-22(38)34-28(37)39)15-36(16)14-17-6-9-23(31-12-17)40-26-19(29)4-3-5-20(26)30/h3-9,12-13,16H,10-11,14-15H2,1-2H3,(H,34,38,39)/t16-/m0/s1. The van der Waals surface area contributed by atoms with Crippen LogP contribution in [0.4, 0.5) is 15.0 Å². The third-order valence-electron chi connectivity index (χ3n) is 7.16. The topological polar surface area (TPSA) is 105 Å². The van der Waals surface area contributed by atoms with Crippen molar-refractivity contribution < 1.29 is 18.7 Å². The number of carbonyl (C=O) groups is 2. The number of halogens is 2. The Kier molecular flexibility index (Phi) is 6.68. The molecular weight excluding hydrogens is 537 g/mol. The van der Waals surface area contributed by atoms with Gasteiger partial charge in [-0.1, -0.05) is 29.8 Å². The van der Waals surface area contributed by atoms with Gasteiger partial charge in [0.15, 0.2) is 17.4 Å². The number of nitrogens with one attached hydrogen (secondary N) is 1. The van der Waals surface area contributed by atoms with Crippen molar-refractivity contribution in [3.63, 3.8) is 0 Å². The van der Waals surface area contributed by atoms with Crippen LogP contribution in [0.25, 0.3) is 11.5 Å². The molecule has 4 aromatic rings. The molecule has 0 aliphatic carbocycles. The second kappa shape index (κ2) is 10.3.